The molecule has 0 radical (unpaired) electrons. The molecule has 0 saturated carbocycles. The Bertz CT molecular complexity index is 963. The summed E-state index contributed by atoms with van der Waals surface area (Å²) in [4.78, 5) is 11.0. The van der Waals surface area contributed by atoms with Crippen molar-refractivity contribution < 1.29 is 14.3 Å². The highest BCUT2D eigenvalue weighted by atomic mass is 35.5. The van der Waals surface area contributed by atoms with Crippen molar-refractivity contribution in [2.24, 2.45) is 5.92 Å². The fraction of sp³-hybridized carbons (Fsp3) is 0.318. The summed E-state index contributed by atoms with van der Waals surface area (Å²) in [5.74, 6) is -0.534. The molecule has 1 aliphatic rings. The number of hydrogen-bond acceptors (Lipinski definition) is 2. The van der Waals surface area contributed by atoms with E-state index in [0.717, 1.165) is 54.5 Å². The molecule has 0 amide bonds. The van der Waals surface area contributed by atoms with E-state index in [2.05, 4.69) is 16.1 Å². The lowest BCUT2D eigenvalue weighted by molar-refractivity contribution is 0.0697. The van der Waals surface area contributed by atoms with Gasteiger partial charge in [-0.15, -0.1) is 12.4 Å². The Morgan fingerprint density at radius 3 is 2.54 bits per heavy atom. The van der Waals surface area contributed by atoms with Gasteiger partial charge < -0.3 is 15.0 Å². The molecule has 0 unspecified atom stereocenters. The molecular weight excluding hydrogens is 379 g/mol. The summed E-state index contributed by atoms with van der Waals surface area (Å²) in [5, 5.41) is 13.5. The largest absolute Gasteiger partial charge is 0.478 e. The number of aromatic nitrogens is 1. The summed E-state index contributed by atoms with van der Waals surface area (Å²) in [6.07, 6.45) is 5.11. The highest BCUT2D eigenvalue weighted by Gasteiger charge is 2.17. The van der Waals surface area contributed by atoms with Crippen LogP contribution < -0.4 is 5.32 Å². The quantitative estimate of drug-likeness (QED) is 0.661. The van der Waals surface area contributed by atoms with E-state index in [1.165, 1.54) is 6.07 Å². The molecular formula is C22H24ClFN2O2. The third-order valence-electron chi connectivity index (χ3n) is 5.44. The van der Waals surface area contributed by atoms with Crippen molar-refractivity contribution >= 4 is 29.3 Å². The van der Waals surface area contributed by atoms with Gasteiger partial charge in [0.25, 0.3) is 0 Å². The second-order valence-electron chi connectivity index (χ2n) is 7.34. The van der Waals surface area contributed by atoms with Gasteiger partial charge in [-0.25, -0.2) is 9.18 Å². The zero-order chi connectivity index (χ0) is 18.8. The fourth-order valence-electron chi connectivity index (χ4n) is 3.96. The number of nitrogens with one attached hydrogen (secondary N) is 1. The number of aromatic carboxylic acids is 1. The SMILES string of the molecule is Cl.O=C(O)c1ccc(Cc2cn(CC3CCNCC3)c3cc(F)ccc23)cc1. The lowest BCUT2D eigenvalue weighted by Crippen LogP contribution is -2.29. The zero-order valence-electron chi connectivity index (χ0n) is 15.5. The standard InChI is InChI=1S/C22H23FN2O2.ClH/c23-19-5-6-20-18(11-15-1-3-17(4-2-15)22(26)27)14-25(21(20)12-19)13-16-7-9-24-10-8-16;/h1-6,12,14,16,24H,7-11,13H2,(H,26,27);1H. The average molecular weight is 403 g/mol. The highest BCUT2D eigenvalue weighted by molar-refractivity contribution is 5.87. The number of fused-ring (bicyclic) bond motifs is 1. The van der Waals surface area contributed by atoms with Crippen molar-refractivity contribution in [3.63, 3.8) is 0 Å². The van der Waals surface area contributed by atoms with Crippen LogP contribution in [0.4, 0.5) is 4.39 Å². The Labute approximate surface area is 169 Å². The Morgan fingerprint density at radius 1 is 1.14 bits per heavy atom. The van der Waals surface area contributed by atoms with Crippen LogP contribution in [0.3, 0.4) is 0 Å². The van der Waals surface area contributed by atoms with Gasteiger partial charge >= 0.3 is 5.97 Å². The van der Waals surface area contributed by atoms with E-state index in [1.54, 1.807) is 18.2 Å². The molecule has 1 aromatic heterocycles. The van der Waals surface area contributed by atoms with Crippen LogP contribution in [0.1, 0.15) is 34.3 Å². The number of rotatable bonds is 5. The minimum Gasteiger partial charge on any atom is -0.478 e. The van der Waals surface area contributed by atoms with Crippen LogP contribution >= 0.6 is 12.4 Å². The molecule has 1 aliphatic heterocycles. The lowest BCUT2D eigenvalue weighted by Gasteiger charge is -2.23. The molecule has 28 heavy (non-hydrogen) atoms. The summed E-state index contributed by atoms with van der Waals surface area (Å²) in [7, 11) is 0. The number of carboxylic acid groups (broad SMARTS) is 1. The number of benzene rings is 2. The predicted molar refractivity (Wildman–Crippen MR) is 111 cm³/mol. The molecule has 0 bridgehead atoms. The summed E-state index contributed by atoms with van der Waals surface area (Å²) in [6, 6.07) is 11.9. The third-order valence-corrected chi connectivity index (χ3v) is 5.44. The van der Waals surface area contributed by atoms with Crippen molar-refractivity contribution in [1.29, 1.82) is 0 Å². The van der Waals surface area contributed by atoms with Crippen molar-refractivity contribution in [3.05, 3.63) is 71.2 Å². The predicted octanol–water partition coefficient (Wildman–Crippen LogP) is 4.49. The molecule has 2 N–H and O–H groups in total. The molecule has 1 fully saturated rings. The van der Waals surface area contributed by atoms with Crippen molar-refractivity contribution in [2.75, 3.05) is 13.1 Å². The van der Waals surface area contributed by atoms with E-state index in [9.17, 15) is 9.18 Å². The Kier molecular flexibility index (Phi) is 6.37. The Hall–Kier alpha value is -2.37. The number of piperidine rings is 1. The van der Waals surface area contributed by atoms with Gasteiger partial charge in [0.15, 0.2) is 0 Å². The van der Waals surface area contributed by atoms with Gasteiger partial charge in [-0.1, -0.05) is 12.1 Å². The van der Waals surface area contributed by atoms with Crippen LogP contribution in [-0.2, 0) is 13.0 Å². The van der Waals surface area contributed by atoms with Gasteiger partial charge in [-0.3, -0.25) is 0 Å². The van der Waals surface area contributed by atoms with Crippen molar-refractivity contribution in [1.82, 2.24) is 9.88 Å². The first-order chi connectivity index (χ1) is 13.1. The molecule has 148 valence electrons. The molecule has 4 rings (SSSR count). The normalized spacial score (nSPS) is 14.8. The van der Waals surface area contributed by atoms with E-state index in [1.807, 2.05) is 18.2 Å². The maximum atomic E-state index is 13.9. The number of nitrogens with zero attached hydrogens (tertiary/aromatic N) is 1. The van der Waals surface area contributed by atoms with E-state index < -0.39 is 5.97 Å². The molecule has 0 spiro atoms. The van der Waals surface area contributed by atoms with Crippen LogP contribution in [0.5, 0.6) is 0 Å². The number of carbonyl (C=O) groups is 1. The Balaban J connectivity index is 0.00000225. The molecule has 1 saturated heterocycles. The minimum absolute atomic E-state index is 0. The first-order valence-corrected chi connectivity index (χ1v) is 9.40. The summed E-state index contributed by atoms with van der Waals surface area (Å²) in [6.45, 7) is 2.99. The first-order valence-electron chi connectivity index (χ1n) is 9.40. The topological polar surface area (TPSA) is 54.3 Å². The van der Waals surface area contributed by atoms with E-state index in [0.29, 0.717) is 12.3 Å². The molecule has 4 nitrogen and oxygen atoms in total. The van der Waals surface area contributed by atoms with Gasteiger partial charge in [-0.05, 0) is 79.7 Å². The highest BCUT2D eigenvalue weighted by Crippen LogP contribution is 2.27. The molecule has 2 heterocycles. The van der Waals surface area contributed by atoms with Crippen LogP contribution in [0.25, 0.3) is 10.9 Å². The van der Waals surface area contributed by atoms with Gasteiger partial charge in [-0.2, -0.15) is 0 Å². The van der Waals surface area contributed by atoms with Crippen molar-refractivity contribution in [2.45, 2.75) is 25.8 Å². The van der Waals surface area contributed by atoms with Gasteiger partial charge in [0.2, 0.25) is 0 Å². The van der Waals surface area contributed by atoms with E-state index >= 15 is 0 Å². The lowest BCUT2D eigenvalue weighted by atomic mass is 9.98. The molecule has 2 aromatic carbocycles. The van der Waals surface area contributed by atoms with Crippen molar-refractivity contribution in [3.8, 4) is 0 Å². The number of carboxylic acids is 1. The second-order valence-corrected chi connectivity index (χ2v) is 7.34. The first kappa shape index (κ1) is 20.4. The van der Waals surface area contributed by atoms with Gasteiger partial charge in [0.1, 0.15) is 5.82 Å². The number of halogens is 2. The van der Waals surface area contributed by atoms with Crippen LogP contribution in [0.2, 0.25) is 0 Å². The maximum absolute atomic E-state index is 13.9. The van der Waals surface area contributed by atoms with Gasteiger partial charge in [0.05, 0.1) is 11.1 Å². The molecule has 6 heteroatoms. The van der Waals surface area contributed by atoms with E-state index in [-0.39, 0.29) is 23.8 Å². The fourth-order valence-corrected chi connectivity index (χ4v) is 3.96. The monoisotopic (exact) mass is 402 g/mol. The summed E-state index contributed by atoms with van der Waals surface area (Å²) in [5.41, 5.74) is 3.41. The minimum atomic E-state index is -0.921. The van der Waals surface area contributed by atoms with Crippen LogP contribution in [0.15, 0.2) is 48.7 Å². The van der Waals surface area contributed by atoms with E-state index in [4.69, 9.17) is 5.11 Å². The Morgan fingerprint density at radius 2 is 1.86 bits per heavy atom. The second kappa shape index (κ2) is 8.76. The van der Waals surface area contributed by atoms with Crippen LogP contribution in [0, 0.1) is 11.7 Å². The molecule has 3 aromatic rings. The zero-order valence-corrected chi connectivity index (χ0v) is 16.3. The third kappa shape index (κ3) is 4.37. The van der Waals surface area contributed by atoms with Crippen LogP contribution in [-0.4, -0.2) is 28.7 Å². The molecule has 0 aliphatic carbocycles. The summed E-state index contributed by atoms with van der Waals surface area (Å²) < 4.78 is 16.1. The van der Waals surface area contributed by atoms with Gasteiger partial charge in [0, 0.05) is 18.1 Å². The average Bonchev–Trinajstić information content (AvgIpc) is 2.99. The summed E-state index contributed by atoms with van der Waals surface area (Å²) >= 11 is 0. The maximum Gasteiger partial charge on any atom is 0.335 e. The molecule has 0 atom stereocenters. The number of hydrogen-bond donors (Lipinski definition) is 2. The smallest absolute Gasteiger partial charge is 0.335 e.